The van der Waals surface area contributed by atoms with E-state index in [-0.39, 0.29) is 0 Å². The number of nitrogens with one attached hydrogen (secondary N) is 1. The van der Waals surface area contributed by atoms with Crippen LogP contribution in [0.5, 0.6) is 5.75 Å². The Morgan fingerprint density at radius 2 is 1.90 bits per heavy atom. The van der Waals surface area contributed by atoms with Crippen molar-refractivity contribution in [2.75, 3.05) is 14.2 Å². The van der Waals surface area contributed by atoms with Crippen LogP contribution >= 0.6 is 11.8 Å². The summed E-state index contributed by atoms with van der Waals surface area (Å²) in [5.41, 5.74) is 0. The molecule has 1 fully saturated rings. The van der Waals surface area contributed by atoms with E-state index in [4.69, 9.17) is 4.74 Å². The number of benzene rings is 1. The molecule has 1 aliphatic rings. The molecule has 3 atom stereocenters. The zero-order valence-corrected chi connectivity index (χ0v) is 13.9. The van der Waals surface area contributed by atoms with Gasteiger partial charge in [0.2, 0.25) is 0 Å². The van der Waals surface area contributed by atoms with Crippen LogP contribution in [0.1, 0.15) is 33.1 Å². The van der Waals surface area contributed by atoms with Gasteiger partial charge in [0.1, 0.15) is 5.75 Å². The van der Waals surface area contributed by atoms with E-state index in [2.05, 4.69) is 50.5 Å². The lowest BCUT2D eigenvalue weighted by molar-refractivity contribution is 0.251. The van der Waals surface area contributed by atoms with Crippen LogP contribution in [-0.4, -0.2) is 25.4 Å². The maximum absolute atomic E-state index is 5.23. The highest BCUT2D eigenvalue weighted by molar-refractivity contribution is 8.00. The van der Waals surface area contributed by atoms with Crippen molar-refractivity contribution < 1.29 is 4.74 Å². The Bertz CT molecular complexity index is 404. The summed E-state index contributed by atoms with van der Waals surface area (Å²) in [5, 5.41) is 4.19. The van der Waals surface area contributed by atoms with Crippen LogP contribution in [0.25, 0.3) is 0 Å². The van der Waals surface area contributed by atoms with Crippen LogP contribution in [0.15, 0.2) is 29.2 Å². The number of rotatable bonds is 5. The number of ether oxygens (including phenoxy) is 1. The Morgan fingerprint density at radius 3 is 2.45 bits per heavy atom. The van der Waals surface area contributed by atoms with Crippen LogP contribution in [0.4, 0.5) is 0 Å². The SMILES string of the molecule is CNC1CCC(C(C)C)CC1Sc1ccc(OC)cc1. The second-order valence-electron chi connectivity index (χ2n) is 6.04. The highest BCUT2D eigenvalue weighted by Crippen LogP contribution is 2.39. The summed E-state index contributed by atoms with van der Waals surface area (Å²) in [6, 6.07) is 9.10. The average Bonchev–Trinajstić information content (AvgIpc) is 2.48. The molecule has 20 heavy (non-hydrogen) atoms. The first-order valence-electron chi connectivity index (χ1n) is 7.62. The van der Waals surface area contributed by atoms with Gasteiger partial charge in [0.25, 0.3) is 0 Å². The molecule has 0 heterocycles. The second kappa shape index (κ2) is 7.37. The van der Waals surface area contributed by atoms with Crippen molar-refractivity contribution in [3.8, 4) is 5.75 Å². The molecule has 0 aliphatic heterocycles. The minimum atomic E-state index is 0.636. The maximum atomic E-state index is 5.23. The molecule has 1 saturated carbocycles. The standard InChI is InChI=1S/C17H27NOS/c1-12(2)13-5-10-16(18-3)17(11-13)20-15-8-6-14(19-4)7-9-15/h6-9,12-13,16-18H,5,10-11H2,1-4H3. The monoisotopic (exact) mass is 293 g/mol. The molecule has 2 rings (SSSR count). The van der Waals surface area contributed by atoms with Crippen LogP contribution in [0.3, 0.4) is 0 Å². The Balaban J connectivity index is 2.02. The molecule has 2 nitrogen and oxygen atoms in total. The topological polar surface area (TPSA) is 21.3 Å². The van der Waals surface area contributed by atoms with Gasteiger partial charge in [-0.2, -0.15) is 0 Å². The van der Waals surface area contributed by atoms with Crippen molar-refractivity contribution in [3.05, 3.63) is 24.3 Å². The quantitative estimate of drug-likeness (QED) is 0.879. The predicted molar refractivity (Wildman–Crippen MR) is 87.7 cm³/mol. The van der Waals surface area contributed by atoms with Crippen molar-refractivity contribution in [1.82, 2.24) is 5.32 Å². The van der Waals surface area contributed by atoms with Crippen molar-refractivity contribution in [1.29, 1.82) is 0 Å². The average molecular weight is 293 g/mol. The number of hydrogen-bond acceptors (Lipinski definition) is 3. The Hall–Kier alpha value is -0.670. The largest absolute Gasteiger partial charge is 0.497 e. The van der Waals surface area contributed by atoms with E-state index < -0.39 is 0 Å². The number of methoxy groups -OCH3 is 1. The summed E-state index contributed by atoms with van der Waals surface area (Å²) in [6.07, 6.45) is 3.98. The molecule has 0 saturated heterocycles. The summed E-state index contributed by atoms with van der Waals surface area (Å²) in [4.78, 5) is 1.35. The third-order valence-corrected chi connectivity index (χ3v) is 5.86. The Kier molecular flexibility index (Phi) is 5.79. The van der Waals surface area contributed by atoms with Crippen molar-refractivity contribution in [2.45, 2.75) is 49.3 Å². The molecule has 0 spiro atoms. The Labute approximate surface area is 127 Å². The molecule has 3 unspecified atom stereocenters. The molecule has 1 aromatic rings. The molecule has 0 bridgehead atoms. The zero-order chi connectivity index (χ0) is 14.5. The molecule has 0 amide bonds. The smallest absolute Gasteiger partial charge is 0.118 e. The molecular formula is C17H27NOS. The van der Waals surface area contributed by atoms with E-state index in [0.29, 0.717) is 11.3 Å². The molecule has 1 N–H and O–H groups in total. The minimum absolute atomic E-state index is 0.636. The van der Waals surface area contributed by atoms with Gasteiger partial charge in [-0.05, 0) is 62.4 Å². The highest BCUT2D eigenvalue weighted by Gasteiger charge is 2.31. The second-order valence-corrected chi connectivity index (χ2v) is 7.36. The van der Waals surface area contributed by atoms with Crippen LogP contribution in [0.2, 0.25) is 0 Å². The fourth-order valence-electron chi connectivity index (χ4n) is 3.06. The van der Waals surface area contributed by atoms with Crippen LogP contribution in [0, 0.1) is 11.8 Å². The molecule has 0 radical (unpaired) electrons. The Morgan fingerprint density at radius 1 is 1.20 bits per heavy atom. The van der Waals surface area contributed by atoms with Gasteiger partial charge in [0.05, 0.1) is 7.11 Å². The van der Waals surface area contributed by atoms with E-state index in [9.17, 15) is 0 Å². The van der Waals surface area contributed by atoms with Crippen molar-refractivity contribution in [3.63, 3.8) is 0 Å². The molecule has 3 heteroatoms. The van der Waals surface area contributed by atoms with Gasteiger partial charge in [-0.3, -0.25) is 0 Å². The van der Waals surface area contributed by atoms with E-state index in [1.54, 1.807) is 7.11 Å². The van der Waals surface area contributed by atoms with Gasteiger partial charge in [-0.15, -0.1) is 11.8 Å². The maximum Gasteiger partial charge on any atom is 0.118 e. The normalized spacial score (nSPS) is 26.8. The first-order valence-corrected chi connectivity index (χ1v) is 8.50. The molecule has 1 aromatic carbocycles. The molecule has 1 aliphatic carbocycles. The summed E-state index contributed by atoms with van der Waals surface area (Å²) < 4.78 is 5.23. The van der Waals surface area contributed by atoms with Crippen LogP contribution < -0.4 is 10.1 Å². The van der Waals surface area contributed by atoms with Gasteiger partial charge < -0.3 is 10.1 Å². The van der Waals surface area contributed by atoms with Crippen LogP contribution in [-0.2, 0) is 0 Å². The van der Waals surface area contributed by atoms with E-state index >= 15 is 0 Å². The lowest BCUT2D eigenvalue weighted by Gasteiger charge is -2.37. The summed E-state index contributed by atoms with van der Waals surface area (Å²) in [6.45, 7) is 4.72. The van der Waals surface area contributed by atoms with E-state index in [0.717, 1.165) is 17.6 Å². The van der Waals surface area contributed by atoms with Gasteiger partial charge in [-0.25, -0.2) is 0 Å². The third-order valence-electron chi connectivity index (χ3n) is 4.49. The summed E-state index contributed by atoms with van der Waals surface area (Å²) in [7, 11) is 3.81. The van der Waals surface area contributed by atoms with Gasteiger partial charge in [0, 0.05) is 16.2 Å². The van der Waals surface area contributed by atoms with Gasteiger partial charge >= 0.3 is 0 Å². The summed E-state index contributed by atoms with van der Waals surface area (Å²) >= 11 is 2.02. The summed E-state index contributed by atoms with van der Waals surface area (Å²) in [5.74, 6) is 2.60. The number of hydrogen-bond donors (Lipinski definition) is 1. The molecule has 0 aromatic heterocycles. The first-order chi connectivity index (χ1) is 9.63. The van der Waals surface area contributed by atoms with Crippen molar-refractivity contribution >= 4 is 11.8 Å². The molecular weight excluding hydrogens is 266 g/mol. The van der Waals surface area contributed by atoms with E-state index in [1.165, 1.54) is 24.2 Å². The fourth-order valence-corrected chi connectivity index (χ4v) is 4.48. The van der Waals surface area contributed by atoms with E-state index in [1.807, 2.05) is 11.8 Å². The minimum Gasteiger partial charge on any atom is -0.497 e. The zero-order valence-electron chi connectivity index (χ0n) is 13.1. The third kappa shape index (κ3) is 3.92. The highest BCUT2D eigenvalue weighted by atomic mass is 32.2. The van der Waals surface area contributed by atoms with Gasteiger partial charge in [0.15, 0.2) is 0 Å². The number of thioether (sulfide) groups is 1. The van der Waals surface area contributed by atoms with Crippen molar-refractivity contribution in [2.24, 2.45) is 11.8 Å². The molecule has 112 valence electrons. The lowest BCUT2D eigenvalue weighted by atomic mass is 9.79. The lowest BCUT2D eigenvalue weighted by Crippen LogP contribution is -2.41. The fraction of sp³-hybridized carbons (Fsp3) is 0.647. The predicted octanol–water partition coefficient (Wildman–Crippen LogP) is 4.20. The van der Waals surface area contributed by atoms with Gasteiger partial charge in [-0.1, -0.05) is 13.8 Å². The first kappa shape index (κ1) is 15.7.